The molecular formula is C8H11ClN4O2. The second kappa shape index (κ2) is 4.79. The highest BCUT2D eigenvalue weighted by atomic mass is 35.5. The smallest absolute Gasteiger partial charge is 0.239 e. The molecule has 82 valence electrons. The Hall–Kier alpha value is -1.56. The molecule has 0 unspecified atom stereocenters. The summed E-state index contributed by atoms with van der Waals surface area (Å²) < 4.78 is 1.40. The predicted octanol–water partition coefficient (Wildman–Crippen LogP) is -0.408. The van der Waals surface area contributed by atoms with Gasteiger partial charge in [0, 0.05) is 20.2 Å². The van der Waals surface area contributed by atoms with Gasteiger partial charge >= 0.3 is 0 Å². The third kappa shape index (κ3) is 2.95. The molecule has 6 nitrogen and oxygen atoms in total. The zero-order chi connectivity index (χ0) is 11.4. The summed E-state index contributed by atoms with van der Waals surface area (Å²) >= 11 is 5.52. The quantitative estimate of drug-likeness (QED) is 0.740. The van der Waals surface area contributed by atoms with Crippen molar-refractivity contribution in [2.75, 3.05) is 18.9 Å². The fraction of sp³-hybridized carbons (Fsp3) is 0.375. The number of aromatic nitrogens is 2. The Morgan fingerprint density at radius 1 is 1.67 bits per heavy atom. The van der Waals surface area contributed by atoms with Crippen LogP contribution in [0.5, 0.6) is 0 Å². The molecule has 2 N–H and O–H groups in total. The van der Waals surface area contributed by atoms with E-state index in [2.05, 4.69) is 15.7 Å². The molecule has 0 bridgehead atoms. The third-order valence-corrected chi connectivity index (χ3v) is 2.03. The van der Waals surface area contributed by atoms with Gasteiger partial charge in [0.2, 0.25) is 11.3 Å². The van der Waals surface area contributed by atoms with Crippen LogP contribution < -0.4 is 16.1 Å². The van der Waals surface area contributed by atoms with Gasteiger partial charge in [-0.3, -0.25) is 14.3 Å². The van der Waals surface area contributed by atoms with E-state index in [4.69, 9.17) is 11.6 Å². The molecule has 1 aromatic heterocycles. The largest absolute Gasteiger partial charge is 0.361 e. The van der Waals surface area contributed by atoms with E-state index in [0.29, 0.717) is 5.82 Å². The highest BCUT2D eigenvalue weighted by Crippen LogP contribution is 2.03. The lowest BCUT2D eigenvalue weighted by Gasteiger charge is -2.09. The first-order valence-electron chi connectivity index (χ1n) is 4.23. The number of rotatable bonds is 3. The molecule has 0 aromatic carbocycles. The molecule has 0 atom stereocenters. The second-order valence-corrected chi connectivity index (χ2v) is 3.19. The lowest BCUT2D eigenvalue weighted by molar-refractivity contribution is -0.118. The molecule has 0 aliphatic carbocycles. The van der Waals surface area contributed by atoms with Gasteiger partial charge < -0.3 is 10.6 Å². The topological polar surface area (TPSA) is 76.0 Å². The first-order valence-corrected chi connectivity index (χ1v) is 4.60. The zero-order valence-electron chi connectivity index (χ0n) is 8.37. The predicted molar refractivity (Wildman–Crippen MR) is 57.0 cm³/mol. The van der Waals surface area contributed by atoms with Crippen molar-refractivity contribution in [3.05, 3.63) is 21.4 Å². The van der Waals surface area contributed by atoms with E-state index in [1.54, 1.807) is 7.05 Å². The van der Waals surface area contributed by atoms with Crippen molar-refractivity contribution in [3.8, 4) is 0 Å². The zero-order valence-corrected chi connectivity index (χ0v) is 9.13. The van der Waals surface area contributed by atoms with E-state index < -0.39 is 0 Å². The minimum Gasteiger partial charge on any atom is -0.361 e. The van der Waals surface area contributed by atoms with E-state index in [-0.39, 0.29) is 23.0 Å². The van der Waals surface area contributed by atoms with E-state index >= 15 is 0 Å². The van der Waals surface area contributed by atoms with Gasteiger partial charge in [-0.2, -0.15) is 5.10 Å². The van der Waals surface area contributed by atoms with Crippen molar-refractivity contribution in [2.24, 2.45) is 7.05 Å². The van der Waals surface area contributed by atoms with Crippen molar-refractivity contribution < 1.29 is 4.79 Å². The van der Waals surface area contributed by atoms with Crippen LogP contribution in [0.1, 0.15) is 0 Å². The first kappa shape index (κ1) is 11.5. The number of nitrogens with zero attached hydrogens (tertiary/aromatic N) is 2. The summed E-state index contributed by atoms with van der Waals surface area (Å²) in [6.07, 6.45) is 0. The number of carbonyl (C=O) groups is 1. The van der Waals surface area contributed by atoms with Crippen LogP contribution >= 0.6 is 11.6 Å². The summed E-state index contributed by atoms with van der Waals surface area (Å²) in [5.74, 6) is 0.255. The number of hydrogen-bond acceptors (Lipinski definition) is 4. The SMILES string of the molecule is CNC(=O)CNc1cc(=O)c(Cl)nn1C. The van der Waals surface area contributed by atoms with Crippen molar-refractivity contribution in [1.29, 1.82) is 0 Å². The summed E-state index contributed by atoms with van der Waals surface area (Å²) in [6, 6.07) is 1.29. The summed E-state index contributed by atoms with van der Waals surface area (Å²) in [7, 11) is 3.15. The van der Waals surface area contributed by atoms with Crippen molar-refractivity contribution >= 4 is 23.3 Å². The third-order valence-electron chi connectivity index (χ3n) is 1.77. The summed E-state index contributed by atoms with van der Waals surface area (Å²) in [4.78, 5) is 22.1. The van der Waals surface area contributed by atoms with Crippen LogP contribution in [0.15, 0.2) is 10.9 Å². The second-order valence-electron chi connectivity index (χ2n) is 2.83. The first-order chi connectivity index (χ1) is 7.04. The average molecular weight is 231 g/mol. The Morgan fingerprint density at radius 3 is 2.93 bits per heavy atom. The van der Waals surface area contributed by atoms with Crippen LogP contribution in [-0.4, -0.2) is 29.3 Å². The van der Waals surface area contributed by atoms with Crippen molar-refractivity contribution in [2.45, 2.75) is 0 Å². The molecular weight excluding hydrogens is 220 g/mol. The van der Waals surface area contributed by atoms with Gasteiger partial charge in [0.15, 0.2) is 5.15 Å². The summed E-state index contributed by atoms with van der Waals surface area (Å²) in [5.41, 5.74) is -0.380. The maximum Gasteiger partial charge on any atom is 0.239 e. The fourth-order valence-electron chi connectivity index (χ4n) is 0.937. The number of aryl methyl sites for hydroxylation is 1. The molecule has 7 heteroatoms. The van der Waals surface area contributed by atoms with E-state index in [9.17, 15) is 9.59 Å². The molecule has 1 rings (SSSR count). The van der Waals surface area contributed by atoms with Crippen LogP contribution in [0.4, 0.5) is 5.82 Å². The lowest BCUT2D eigenvalue weighted by Crippen LogP contribution is -2.28. The molecule has 1 heterocycles. The maximum atomic E-state index is 11.2. The Morgan fingerprint density at radius 2 is 2.33 bits per heavy atom. The van der Waals surface area contributed by atoms with Crippen LogP contribution in [0.25, 0.3) is 0 Å². The molecule has 1 amide bonds. The number of hydrogen-bond donors (Lipinski definition) is 2. The number of carbonyl (C=O) groups excluding carboxylic acids is 1. The minimum absolute atomic E-state index is 0.0765. The molecule has 0 saturated heterocycles. The number of anilines is 1. The monoisotopic (exact) mass is 230 g/mol. The minimum atomic E-state index is -0.380. The van der Waals surface area contributed by atoms with Gasteiger partial charge in [0.25, 0.3) is 0 Å². The number of nitrogens with one attached hydrogen (secondary N) is 2. The van der Waals surface area contributed by atoms with Crippen LogP contribution in [0, 0.1) is 0 Å². The molecule has 1 aromatic rings. The Balaban J connectivity index is 2.82. The fourth-order valence-corrected chi connectivity index (χ4v) is 1.10. The molecule has 15 heavy (non-hydrogen) atoms. The molecule has 0 spiro atoms. The van der Waals surface area contributed by atoms with Crippen LogP contribution in [-0.2, 0) is 11.8 Å². The normalized spacial score (nSPS) is 9.80. The standard InChI is InChI=1S/C8H11ClN4O2/c1-10-7(15)4-11-6-3-5(14)8(9)12-13(6)2/h3,11H,4H2,1-2H3,(H,10,15). The number of amides is 1. The van der Waals surface area contributed by atoms with Crippen LogP contribution in [0.2, 0.25) is 5.15 Å². The average Bonchev–Trinajstić information content (AvgIpc) is 2.21. The summed E-state index contributed by atoms with van der Waals surface area (Å²) in [5, 5.41) is 8.86. The summed E-state index contributed by atoms with van der Waals surface area (Å²) in [6.45, 7) is 0.0765. The van der Waals surface area contributed by atoms with E-state index in [1.807, 2.05) is 0 Å². The Bertz CT molecular complexity index is 429. The highest BCUT2D eigenvalue weighted by Gasteiger charge is 2.04. The Kier molecular flexibility index (Phi) is 3.68. The van der Waals surface area contributed by atoms with Gasteiger partial charge in [-0.25, -0.2) is 0 Å². The maximum absolute atomic E-state index is 11.2. The highest BCUT2D eigenvalue weighted by molar-refractivity contribution is 6.29. The van der Waals surface area contributed by atoms with Gasteiger partial charge in [-0.15, -0.1) is 0 Å². The number of halogens is 1. The molecule has 0 fully saturated rings. The van der Waals surface area contributed by atoms with Gasteiger partial charge in [0.05, 0.1) is 6.54 Å². The van der Waals surface area contributed by atoms with Crippen LogP contribution in [0.3, 0.4) is 0 Å². The van der Waals surface area contributed by atoms with Crippen molar-refractivity contribution in [3.63, 3.8) is 0 Å². The molecule has 0 aliphatic rings. The van der Waals surface area contributed by atoms with E-state index in [1.165, 1.54) is 17.8 Å². The van der Waals surface area contributed by atoms with Gasteiger partial charge in [-0.1, -0.05) is 11.6 Å². The number of likely N-dealkylation sites (N-methyl/N-ethyl adjacent to an activating group) is 1. The van der Waals surface area contributed by atoms with E-state index in [0.717, 1.165) is 0 Å². The molecule has 0 radical (unpaired) electrons. The van der Waals surface area contributed by atoms with Crippen molar-refractivity contribution in [1.82, 2.24) is 15.1 Å². The molecule has 0 aliphatic heterocycles. The molecule has 0 saturated carbocycles. The van der Waals surface area contributed by atoms with Gasteiger partial charge in [0.1, 0.15) is 5.82 Å². The lowest BCUT2D eigenvalue weighted by atomic mass is 10.5. The Labute approximate surface area is 91.2 Å². The van der Waals surface area contributed by atoms with Gasteiger partial charge in [-0.05, 0) is 0 Å².